The SMILES string of the molecule is C[C@@H]1CC[C@@H](C(C)(C)O)[C@H]2C=C(C(=O)O)CC[C@H]21. The van der Waals surface area contributed by atoms with E-state index in [9.17, 15) is 9.90 Å². The average Bonchev–Trinajstić information content (AvgIpc) is 2.27. The van der Waals surface area contributed by atoms with Crippen LogP contribution < -0.4 is 0 Å². The Labute approximate surface area is 109 Å². The quantitative estimate of drug-likeness (QED) is 0.794. The molecule has 3 heteroatoms. The lowest BCUT2D eigenvalue weighted by atomic mass is 9.59. The van der Waals surface area contributed by atoms with Gasteiger partial charge < -0.3 is 10.2 Å². The van der Waals surface area contributed by atoms with Gasteiger partial charge in [-0.25, -0.2) is 4.79 Å². The highest BCUT2D eigenvalue weighted by molar-refractivity contribution is 5.86. The second-order valence-corrected chi connectivity index (χ2v) is 6.59. The summed E-state index contributed by atoms with van der Waals surface area (Å²) < 4.78 is 0. The number of fused-ring (bicyclic) bond motifs is 1. The molecular formula is C15H24O3. The number of hydrogen-bond donors (Lipinski definition) is 2. The van der Waals surface area contributed by atoms with Gasteiger partial charge in [0.25, 0.3) is 0 Å². The highest BCUT2D eigenvalue weighted by Crippen LogP contribution is 2.48. The van der Waals surface area contributed by atoms with Gasteiger partial charge in [0.15, 0.2) is 0 Å². The van der Waals surface area contributed by atoms with Crippen LogP contribution in [0.25, 0.3) is 0 Å². The number of aliphatic carboxylic acids is 1. The molecule has 0 aromatic rings. The summed E-state index contributed by atoms with van der Waals surface area (Å²) in [5, 5.41) is 19.5. The molecule has 0 saturated heterocycles. The zero-order chi connectivity index (χ0) is 13.5. The first kappa shape index (κ1) is 13.6. The van der Waals surface area contributed by atoms with E-state index >= 15 is 0 Å². The Morgan fingerprint density at radius 1 is 1.33 bits per heavy atom. The zero-order valence-corrected chi connectivity index (χ0v) is 11.5. The summed E-state index contributed by atoms with van der Waals surface area (Å²) in [6.07, 6.45) is 5.71. The first-order valence-corrected chi connectivity index (χ1v) is 6.97. The zero-order valence-electron chi connectivity index (χ0n) is 11.5. The molecule has 0 heterocycles. The molecule has 0 aromatic heterocycles. The summed E-state index contributed by atoms with van der Waals surface area (Å²) in [4.78, 5) is 11.1. The van der Waals surface area contributed by atoms with Crippen LogP contribution in [0.5, 0.6) is 0 Å². The molecule has 102 valence electrons. The Hall–Kier alpha value is -0.830. The van der Waals surface area contributed by atoms with Gasteiger partial charge in [0.1, 0.15) is 0 Å². The molecule has 2 N–H and O–H groups in total. The summed E-state index contributed by atoms with van der Waals surface area (Å²) in [6.45, 7) is 5.97. The summed E-state index contributed by atoms with van der Waals surface area (Å²) in [5.41, 5.74) is -0.180. The molecule has 0 amide bonds. The Kier molecular flexibility index (Phi) is 3.54. The van der Waals surface area contributed by atoms with Gasteiger partial charge in [0, 0.05) is 5.57 Å². The molecule has 0 unspecified atom stereocenters. The number of allylic oxidation sites excluding steroid dienone is 1. The summed E-state index contributed by atoms with van der Waals surface area (Å²) in [5.74, 6) is 0.807. The van der Waals surface area contributed by atoms with Crippen molar-refractivity contribution in [2.75, 3.05) is 0 Å². The van der Waals surface area contributed by atoms with Crippen LogP contribution in [-0.4, -0.2) is 21.8 Å². The van der Waals surface area contributed by atoms with Crippen molar-refractivity contribution in [3.05, 3.63) is 11.6 Å². The minimum Gasteiger partial charge on any atom is -0.478 e. The Morgan fingerprint density at radius 2 is 2.00 bits per heavy atom. The van der Waals surface area contributed by atoms with Gasteiger partial charge in [-0.15, -0.1) is 0 Å². The predicted molar refractivity (Wildman–Crippen MR) is 70.1 cm³/mol. The van der Waals surface area contributed by atoms with E-state index in [0.29, 0.717) is 23.8 Å². The number of carboxylic acid groups (broad SMARTS) is 1. The molecule has 3 nitrogen and oxygen atoms in total. The normalized spacial score (nSPS) is 36.8. The van der Waals surface area contributed by atoms with Crippen molar-refractivity contribution in [3.63, 3.8) is 0 Å². The molecule has 2 aliphatic rings. The molecule has 4 atom stereocenters. The number of hydrogen-bond acceptors (Lipinski definition) is 2. The molecule has 0 aromatic carbocycles. The maximum Gasteiger partial charge on any atom is 0.331 e. The minimum absolute atomic E-state index is 0.188. The standard InChI is InChI=1S/C15H24O3/c1-9-4-7-13(15(2,3)18)12-8-10(14(16)17)5-6-11(9)12/h8-9,11-13,18H,4-7H2,1-3H3,(H,16,17)/t9-,11+,12+,13-/m1/s1. The minimum atomic E-state index is -0.791. The van der Waals surface area contributed by atoms with E-state index in [1.54, 1.807) is 0 Å². The van der Waals surface area contributed by atoms with Crippen molar-refractivity contribution in [2.45, 2.75) is 52.1 Å². The van der Waals surface area contributed by atoms with Crippen molar-refractivity contribution >= 4 is 5.97 Å². The Balaban J connectivity index is 2.31. The van der Waals surface area contributed by atoms with Gasteiger partial charge in [-0.1, -0.05) is 19.4 Å². The molecule has 2 aliphatic carbocycles. The van der Waals surface area contributed by atoms with Crippen LogP contribution in [0.15, 0.2) is 11.6 Å². The van der Waals surface area contributed by atoms with Gasteiger partial charge in [-0.3, -0.25) is 0 Å². The fourth-order valence-electron chi connectivity index (χ4n) is 3.88. The highest BCUT2D eigenvalue weighted by Gasteiger charge is 2.44. The van der Waals surface area contributed by atoms with E-state index in [1.807, 2.05) is 19.9 Å². The van der Waals surface area contributed by atoms with Crippen LogP contribution >= 0.6 is 0 Å². The average molecular weight is 252 g/mol. The summed E-state index contributed by atoms with van der Waals surface area (Å²) in [7, 11) is 0. The third-order valence-corrected chi connectivity index (χ3v) is 4.95. The lowest BCUT2D eigenvalue weighted by Gasteiger charge is -2.47. The molecule has 0 radical (unpaired) electrons. The van der Waals surface area contributed by atoms with E-state index in [2.05, 4.69) is 6.92 Å². The van der Waals surface area contributed by atoms with Crippen LogP contribution in [0.2, 0.25) is 0 Å². The maximum absolute atomic E-state index is 11.1. The first-order chi connectivity index (χ1) is 8.30. The third-order valence-electron chi connectivity index (χ3n) is 4.95. The van der Waals surface area contributed by atoms with Crippen molar-refractivity contribution in [1.82, 2.24) is 0 Å². The topological polar surface area (TPSA) is 57.5 Å². The molecule has 0 bridgehead atoms. The molecule has 1 saturated carbocycles. The van der Waals surface area contributed by atoms with E-state index in [-0.39, 0.29) is 11.8 Å². The van der Waals surface area contributed by atoms with Crippen LogP contribution in [-0.2, 0) is 4.79 Å². The van der Waals surface area contributed by atoms with Crippen LogP contribution in [0.3, 0.4) is 0 Å². The van der Waals surface area contributed by atoms with Crippen LogP contribution in [0, 0.1) is 23.7 Å². The number of carboxylic acids is 1. The van der Waals surface area contributed by atoms with E-state index in [0.717, 1.165) is 19.3 Å². The van der Waals surface area contributed by atoms with Gasteiger partial charge in [0.05, 0.1) is 5.60 Å². The summed E-state index contributed by atoms with van der Waals surface area (Å²) >= 11 is 0. The molecule has 0 spiro atoms. The summed E-state index contributed by atoms with van der Waals surface area (Å²) in [6, 6.07) is 0. The lowest BCUT2D eigenvalue weighted by Crippen LogP contribution is -2.45. The molecule has 2 rings (SSSR count). The van der Waals surface area contributed by atoms with Gasteiger partial charge in [0.2, 0.25) is 0 Å². The van der Waals surface area contributed by atoms with Gasteiger partial charge >= 0.3 is 5.97 Å². The highest BCUT2D eigenvalue weighted by atomic mass is 16.4. The van der Waals surface area contributed by atoms with Crippen LogP contribution in [0.4, 0.5) is 0 Å². The smallest absolute Gasteiger partial charge is 0.331 e. The van der Waals surface area contributed by atoms with E-state index in [4.69, 9.17) is 5.11 Å². The number of carbonyl (C=O) groups is 1. The monoisotopic (exact) mass is 252 g/mol. The largest absolute Gasteiger partial charge is 0.478 e. The van der Waals surface area contributed by atoms with Gasteiger partial charge in [-0.05, 0) is 56.8 Å². The lowest BCUT2D eigenvalue weighted by molar-refractivity contribution is -0.133. The number of aliphatic hydroxyl groups is 1. The second-order valence-electron chi connectivity index (χ2n) is 6.59. The van der Waals surface area contributed by atoms with Crippen molar-refractivity contribution in [3.8, 4) is 0 Å². The number of rotatable bonds is 2. The predicted octanol–water partition coefficient (Wildman–Crippen LogP) is 2.84. The fourth-order valence-corrected chi connectivity index (χ4v) is 3.88. The van der Waals surface area contributed by atoms with E-state index in [1.165, 1.54) is 0 Å². The van der Waals surface area contributed by atoms with Crippen molar-refractivity contribution < 1.29 is 15.0 Å². The van der Waals surface area contributed by atoms with Crippen LogP contribution in [0.1, 0.15) is 46.5 Å². The Morgan fingerprint density at radius 3 is 2.56 bits per heavy atom. The fraction of sp³-hybridized carbons (Fsp3) is 0.800. The third kappa shape index (κ3) is 2.46. The molecular weight excluding hydrogens is 228 g/mol. The first-order valence-electron chi connectivity index (χ1n) is 6.97. The second kappa shape index (κ2) is 4.69. The molecule has 0 aliphatic heterocycles. The maximum atomic E-state index is 11.1. The van der Waals surface area contributed by atoms with Crippen molar-refractivity contribution in [2.24, 2.45) is 23.7 Å². The molecule has 1 fully saturated rings. The van der Waals surface area contributed by atoms with Crippen molar-refractivity contribution in [1.29, 1.82) is 0 Å². The van der Waals surface area contributed by atoms with E-state index < -0.39 is 11.6 Å². The van der Waals surface area contributed by atoms with Gasteiger partial charge in [-0.2, -0.15) is 0 Å². The Bertz CT molecular complexity index is 364. The molecule has 18 heavy (non-hydrogen) atoms.